The van der Waals surface area contributed by atoms with Crippen LogP contribution in [0.15, 0.2) is 82.6 Å². The first kappa shape index (κ1) is 21.9. The van der Waals surface area contributed by atoms with E-state index in [1.165, 1.54) is 0 Å². The standard InChI is InChI=1S/C26H27N5O3/c1-19-16-22(32)24(26(33)31(19)18-21-7-5-15-34-21)25(20-6-4-9-27-17-20)30-13-11-29(12-14-30)23-8-2-3-10-28-23/h2-10,15-17,25,32H,11-14,18H2,1H3/t25-/m1/s1. The number of piperazine rings is 1. The molecule has 1 N–H and O–H groups in total. The smallest absolute Gasteiger partial charge is 0.260 e. The minimum absolute atomic E-state index is 0.000737. The number of hydrogen-bond acceptors (Lipinski definition) is 7. The maximum atomic E-state index is 13.8. The van der Waals surface area contributed by atoms with Gasteiger partial charge in [-0.15, -0.1) is 0 Å². The molecule has 0 spiro atoms. The van der Waals surface area contributed by atoms with Crippen LogP contribution in [0.2, 0.25) is 0 Å². The Balaban J connectivity index is 1.52. The van der Waals surface area contributed by atoms with Crippen LogP contribution in [-0.2, 0) is 6.54 Å². The summed E-state index contributed by atoms with van der Waals surface area (Å²) < 4.78 is 7.13. The van der Waals surface area contributed by atoms with Crippen LogP contribution in [0.4, 0.5) is 5.82 Å². The summed E-state index contributed by atoms with van der Waals surface area (Å²) >= 11 is 0. The highest BCUT2D eigenvalue weighted by atomic mass is 16.3. The van der Waals surface area contributed by atoms with Crippen LogP contribution < -0.4 is 10.5 Å². The fourth-order valence-electron chi connectivity index (χ4n) is 4.63. The Morgan fingerprint density at radius 1 is 1.06 bits per heavy atom. The lowest BCUT2D eigenvalue weighted by Crippen LogP contribution is -2.49. The number of furan rings is 1. The molecule has 1 saturated heterocycles. The maximum absolute atomic E-state index is 13.8. The van der Waals surface area contributed by atoms with E-state index in [4.69, 9.17) is 4.42 Å². The Morgan fingerprint density at radius 2 is 1.91 bits per heavy atom. The molecule has 34 heavy (non-hydrogen) atoms. The largest absolute Gasteiger partial charge is 0.507 e. The summed E-state index contributed by atoms with van der Waals surface area (Å²) in [7, 11) is 0. The third-order valence-corrected chi connectivity index (χ3v) is 6.34. The number of nitrogens with zero attached hydrogens (tertiary/aromatic N) is 5. The molecule has 1 aliphatic rings. The normalized spacial score (nSPS) is 15.4. The van der Waals surface area contributed by atoms with Gasteiger partial charge >= 0.3 is 0 Å². The predicted octanol–water partition coefficient (Wildman–Crippen LogP) is 3.21. The zero-order valence-electron chi connectivity index (χ0n) is 19.0. The van der Waals surface area contributed by atoms with E-state index in [2.05, 4.69) is 19.8 Å². The first-order valence-corrected chi connectivity index (χ1v) is 11.4. The molecule has 4 aromatic rings. The molecule has 0 saturated carbocycles. The summed E-state index contributed by atoms with van der Waals surface area (Å²) in [4.78, 5) is 27.0. The van der Waals surface area contributed by atoms with Gasteiger partial charge in [0, 0.05) is 50.5 Å². The summed E-state index contributed by atoms with van der Waals surface area (Å²) in [5.74, 6) is 1.63. The molecule has 1 fully saturated rings. The van der Waals surface area contributed by atoms with Gasteiger partial charge in [0.1, 0.15) is 17.3 Å². The van der Waals surface area contributed by atoms with Crippen molar-refractivity contribution in [1.29, 1.82) is 0 Å². The molecule has 8 nitrogen and oxygen atoms in total. The molecule has 8 heteroatoms. The molecule has 5 heterocycles. The molecule has 5 rings (SSSR count). The topological polar surface area (TPSA) is 87.6 Å². The van der Waals surface area contributed by atoms with Crippen molar-refractivity contribution >= 4 is 5.82 Å². The first-order valence-electron chi connectivity index (χ1n) is 11.4. The summed E-state index contributed by atoms with van der Waals surface area (Å²) in [6.07, 6.45) is 6.87. The Bertz CT molecular complexity index is 1280. The third kappa shape index (κ3) is 4.32. The molecule has 0 aromatic carbocycles. The first-order chi connectivity index (χ1) is 16.6. The second-order valence-corrected chi connectivity index (χ2v) is 8.46. The zero-order valence-corrected chi connectivity index (χ0v) is 19.0. The average molecular weight is 458 g/mol. The Labute approximate surface area is 197 Å². The summed E-state index contributed by atoms with van der Waals surface area (Å²) in [5, 5.41) is 11.0. The van der Waals surface area contributed by atoms with Crippen LogP contribution in [0.5, 0.6) is 5.75 Å². The van der Waals surface area contributed by atoms with Crippen LogP contribution in [0, 0.1) is 6.92 Å². The monoisotopic (exact) mass is 457 g/mol. The number of anilines is 1. The lowest BCUT2D eigenvalue weighted by Gasteiger charge is -2.40. The molecular formula is C26H27N5O3. The lowest BCUT2D eigenvalue weighted by molar-refractivity contribution is 0.206. The van der Waals surface area contributed by atoms with Crippen molar-refractivity contribution in [2.24, 2.45) is 0 Å². The maximum Gasteiger partial charge on any atom is 0.260 e. The van der Waals surface area contributed by atoms with E-state index in [1.807, 2.05) is 43.3 Å². The molecule has 4 aromatic heterocycles. The van der Waals surface area contributed by atoms with Gasteiger partial charge in [-0.25, -0.2) is 4.98 Å². The van der Waals surface area contributed by atoms with Crippen LogP contribution in [-0.4, -0.2) is 50.7 Å². The van der Waals surface area contributed by atoms with Crippen molar-refractivity contribution in [3.63, 3.8) is 0 Å². The number of hydrogen-bond donors (Lipinski definition) is 1. The minimum Gasteiger partial charge on any atom is -0.507 e. The van der Waals surface area contributed by atoms with Gasteiger partial charge in [0.25, 0.3) is 5.56 Å². The van der Waals surface area contributed by atoms with E-state index in [9.17, 15) is 9.90 Å². The molecule has 174 valence electrons. The van der Waals surface area contributed by atoms with Gasteiger partial charge in [-0.2, -0.15) is 0 Å². The van der Waals surface area contributed by atoms with E-state index in [0.29, 0.717) is 36.7 Å². The Hall–Kier alpha value is -3.91. The average Bonchev–Trinajstić information content (AvgIpc) is 3.39. The fraction of sp³-hybridized carbons (Fsp3) is 0.269. The fourth-order valence-corrected chi connectivity index (χ4v) is 4.63. The Kier molecular flexibility index (Phi) is 6.14. The Morgan fingerprint density at radius 3 is 2.59 bits per heavy atom. The number of aryl methyl sites for hydroxylation is 1. The summed E-state index contributed by atoms with van der Waals surface area (Å²) in [6, 6.07) is 14.6. The van der Waals surface area contributed by atoms with Gasteiger partial charge in [-0.3, -0.25) is 14.7 Å². The van der Waals surface area contributed by atoms with E-state index in [0.717, 1.165) is 24.5 Å². The highest BCUT2D eigenvalue weighted by Gasteiger charge is 2.32. The lowest BCUT2D eigenvalue weighted by atomic mass is 9.97. The van der Waals surface area contributed by atoms with Gasteiger partial charge in [-0.1, -0.05) is 12.1 Å². The number of rotatable bonds is 6. The molecule has 1 aliphatic heterocycles. The van der Waals surface area contributed by atoms with Gasteiger partial charge in [-0.05, 0) is 48.9 Å². The van der Waals surface area contributed by atoms with Crippen LogP contribution in [0.25, 0.3) is 0 Å². The van der Waals surface area contributed by atoms with Crippen molar-refractivity contribution in [1.82, 2.24) is 19.4 Å². The zero-order chi connectivity index (χ0) is 23.5. The minimum atomic E-state index is -0.421. The third-order valence-electron chi connectivity index (χ3n) is 6.34. The van der Waals surface area contributed by atoms with Gasteiger partial charge in [0.15, 0.2) is 0 Å². The SMILES string of the molecule is Cc1cc(O)c([C@@H](c2cccnc2)N2CCN(c3ccccn3)CC2)c(=O)n1Cc1ccco1. The number of aromatic nitrogens is 3. The van der Waals surface area contributed by atoms with E-state index in [1.54, 1.807) is 41.6 Å². The molecule has 0 amide bonds. The second kappa shape index (κ2) is 9.52. The van der Waals surface area contributed by atoms with E-state index < -0.39 is 6.04 Å². The number of aromatic hydroxyl groups is 1. The van der Waals surface area contributed by atoms with Crippen molar-refractivity contribution in [3.05, 3.63) is 106 Å². The van der Waals surface area contributed by atoms with Crippen molar-refractivity contribution in [2.45, 2.75) is 19.5 Å². The van der Waals surface area contributed by atoms with Crippen LogP contribution in [0.1, 0.15) is 28.6 Å². The van der Waals surface area contributed by atoms with Crippen molar-refractivity contribution in [2.75, 3.05) is 31.1 Å². The molecule has 0 aliphatic carbocycles. The van der Waals surface area contributed by atoms with Crippen LogP contribution in [0.3, 0.4) is 0 Å². The molecule has 0 bridgehead atoms. The van der Waals surface area contributed by atoms with Crippen molar-refractivity contribution < 1.29 is 9.52 Å². The van der Waals surface area contributed by atoms with Crippen molar-refractivity contribution in [3.8, 4) is 5.75 Å². The summed E-state index contributed by atoms with van der Waals surface area (Å²) in [5.41, 5.74) is 1.67. The van der Waals surface area contributed by atoms with Gasteiger partial charge in [0.05, 0.1) is 24.4 Å². The van der Waals surface area contributed by atoms with E-state index in [-0.39, 0.29) is 11.3 Å². The second-order valence-electron chi connectivity index (χ2n) is 8.46. The highest BCUT2D eigenvalue weighted by Crippen LogP contribution is 2.33. The summed E-state index contributed by atoms with van der Waals surface area (Å²) in [6.45, 7) is 5.07. The van der Waals surface area contributed by atoms with E-state index >= 15 is 0 Å². The quantitative estimate of drug-likeness (QED) is 0.476. The van der Waals surface area contributed by atoms with Crippen LogP contribution >= 0.6 is 0 Å². The number of pyridine rings is 3. The molecule has 0 unspecified atom stereocenters. The molecular weight excluding hydrogens is 430 g/mol. The predicted molar refractivity (Wildman–Crippen MR) is 129 cm³/mol. The molecule has 1 atom stereocenters. The van der Waals surface area contributed by atoms with Gasteiger partial charge < -0.3 is 19.0 Å². The highest BCUT2D eigenvalue weighted by molar-refractivity contribution is 5.42. The molecule has 0 radical (unpaired) electrons. The van der Waals surface area contributed by atoms with Gasteiger partial charge in [0.2, 0.25) is 0 Å².